The zero-order valence-electron chi connectivity index (χ0n) is 35.9. The van der Waals surface area contributed by atoms with Gasteiger partial charge in [-0.1, -0.05) is 78.1 Å². The number of Topliss-reactive ketones (excluding diaryl/α,β-unsaturated/α-hetero) is 2. The summed E-state index contributed by atoms with van der Waals surface area (Å²) in [6.07, 6.45) is 17.1. The van der Waals surface area contributed by atoms with Crippen LogP contribution in [0.5, 0.6) is 0 Å². The molecule has 0 aliphatic carbocycles. The molecule has 0 aliphatic rings. The minimum atomic E-state index is -1.10. The Morgan fingerprint density at radius 3 is 1.62 bits per heavy atom. The number of carbonyl (C=O) groups is 7. The summed E-state index contributed by atoms with van der Waals surface area (Å²) in [5, 5.41) is 25.8. The molecule has 16 nitrogen and oxygen atoms in total. The molecule has 16 heteroatoms. The molecule has 0 aliphatic heterocycles. The SMILES string of the molecule is CCC(=O)NCCCC(=O)COCCOCCNC(=O)COC.CCCOCCCC(=O)CC[C@H](NC(=O)CCCCCCCCCCCCCCC(=O)O)C(=O)O. The van der Waals surface area contributed by atoms with Crippen molar-refractivity contribution in [2.24, 2.45) is 0 Å². The second kappa shape index (κ2) is 43.1. The molecule has 0 bridgehead atoms. The highest BCUT2D eigenvalue weighted by Crippen LogP contribution is 2.13. The Bertz CT molecular complexity index is 1090. The van der Waals surface area contributed by atoms with Crippen LogP contribution < -0.4 is 16.0 Å². The van der Waals surface area contributed by atoms with E-state index < -0.39 is 18.0 Å². The van der Waals surface area contributed by atoms with Gasteiger partial charge in [-0.2, -0.15) is 0 Å². The first kappa shape index (κ1) is 56.6. The minimum absolute atomic E-state index is 0.00124. The van der Waals surface area contributed by atoms with Crippen LogP contribution in [0.25, 0.3) is 0 Å². The molecule has 0 spiro atoms. The highest BCUT2D eigenvalue weighted by molar-refractivity contribution is 5.84. The lowest BCUT2D eigenvalue weighted by molar-refractivity contribution is -0.142. The summed E-state index contributed by atoms with van der Waals surface area (Å²) < 4.78 is 20.4. The number of hydrogen-bond donors (Lipinski definition) is 5. The van der Waals surface area contributed by atoms with Gasteiger partial charge in [0.25, 0.3) is 0 Å². The molecule has 0 unspecified atom stereocenters. The van der Waals surface area contributed by atoms with E-state index in [4.69, 9.17) is 19.3 Å². The van der Waals surface area contributed by atoms with E-state index in [1.165, 1.54) is 39.2 Å². The summed E-state index contributed by atoms with van der Waals surface area (Å²) >= 11 is 0. The van der Waals surface area contributed by atoms with Crippen LogP contribution >= 0.6 is 0 Å². The third-order valence-corrected chi connectivity index (χ3v) is 8.74. The predicted octanol–water partition coefficient (Wildman–Crippen LogP) is 5.32. The van der Waals surface area contributed by atoms with Crippen molar-refractivity contribution in [3.8, 4) is 0 Å². The van der Waals surface area contributed by atoms with Crippen LogP contribution in [0.4, 0.5) is 0 Å². The summed E-state index contributed by atoms with van der Waals surface area (Å²) in [6.45, 7) is 7.09. The quantitative estimate of drug-likeness (QED) is 0.0492. The predicted molar refractivity (Wildman–Crippen MR) is 220 cm³/mol. The Labute approximate surface area is 347 Å². The fourth-order valence-electron chi connectivity index (χ4n) is 5.46. The van der Waals surface area contributed by atoms with Gasteiger partial charge in [0.15, 0.2) is 5.78 Å². The van der Waals surface area contributed by atoms with Gasteiger partial charge in [0.1, 0.15) is 25.0 Å². The van der Waals surface area contributed by atoms with Gasteiger partial charge < -0.3 is 45.1 Å². The molecule has 5 N–H and O–H groups in total. The molecule has 3 amide bonds. The standard InChI is InChI=1S/C27H49NO7.C15H28N2O6/c1-2-21-35-22-15-16-23(29)19-20-24(27(33)34)28-25(30)17-13-11-9-7-5-3-4-6-8-10-12-14-18-26(31)32;1-3-14(19)16-6-4-5-13(18)11-23-10-9-22-8-7-17-15(20)12-21-2/h24H,2-22H2,1H3,(H,28,30)(H,31,32)(H,33,34);3-12H2,1-2H3,(H,16,19)(H,17,20)/t24-;/m0./s1. The number of nitrogens with one attached hydrogen (secondary N) is 3. The number of ether oxygens (including phenoxy) is 4. The molecule has 0 fully saturated rings. The number of amides is 3. The maximum absolute atomic E-state index is 12.1. The normalized spacial score (nSPS) is 11.2. The topological polar surface area (TPSA) is 233 Å². The number of carbonyl (C=O) groups excluding carboxylic acids is 5. The van der Waals surface area contributed by atoms with Crippen molar-refractivity contribution in [3.05, 3.63) is 0 Å². The van der Waals surface area contributed by atoms with E-state index in [-0.39, 0.29) is 61.8 Å². The molecule has 338 valence electrons. The van der Waals surface area contributed by atoms with Crippen LogP contribution in [-0.4, -0.2) is 124 Å². The number of unbranched alkanes of at least 4 members (excludes halogenated alkanes) is 11. The van der Waals surface area contributed by atoms with Gasteiger partial charge in [-0.15, -0.1) is 0 Å². The fraction of sp³-hybridized carbons (Fsp3) is 0.833. The first-order chi connectivity index (χ1) is 28.0. The van der Waals surface area contributed by atoms with Crippen molar-refractivity contribution < 1.29 is 62.7 Å². The number of carboxylic acid groups (broad SMARTS) is 2. The molecular formula is C42H77N3O13. The lowest BCUT2D eigenvalue weighted by atomic mass is 10.0. The van der Waals surface area contributed by atoms with Gasteiger partial charge in [-0.25, -0.2) is 4.79 Å². The maximum atomic E-state index is 12.1. The molecule has 0 aromatic carbocycles. The average Bonchev–Trinajstić information content (AvgIpc) is 3.19. The molecule has 58 heavy (non-hydrogen) atoms. The summed E-state index contributed by atoms with van der Waals surface area (Å²) in [7, 11) is 1.45. The van der Waals surface area contributed by atoms with E-state index in [0.717, 1.165) is 51.4 Å². The third kappa shape index (κ3) is 43.6. The zero-order chi connectivity index (χ0) is 43.5. The number of ketones is 2. The number of hydrogen-bond acceptors (Lipinski definition) is 11. The molecule has 0 rings (SSSR count). The van der Waals surface area contributed by atoms with Crippen molar-refractivity contribution in [1.82, 2.24) is 16.0 Å². The second-order valence-corrected chi connectivity index (χ2v) is 14.2. The first-order valence-corrected chi connectivity index (χ1v) is 21.5. The van der Waals surface area contributed by atoms with Crippen molar-refractivity contribution in [2.75, 3.05) is 66.4 Å². The number of aliphatic carboxylic acids is 2. The first-order valence-electron chi connectivity index (χ1n) is 21.5. The Balaban J connectivity index is 0. The van der Waals surface area contributed by atoms with E-state index >= 15 is 0 Å². The van der Waals surface area contributed by atoms with Crippen molar-refractivity contribution in [3.63, 3.8) is 0 Å². The van der Waals surface area contributed by atoms with Gasteiger partial charge in [0, 0.05) is 71.9 Å². The molecule has 0 saturated heterocycles. The highest BCUT2D eigenvalue weighted by Gasteiger charge is 2.20. The lowest BCUT2D eigenvalue weighted by Crippen LogP contribution is -2.41. The van der Waals surface area contributed by atoms with Crippen molar-refractivity contribution in [1.29, 1.82) is 0 Å². The highest BCUT2D eigenvalue weighted by atomic mass is 16.5. The summed E-state index contributed by atoms with van der Waals surface area (Å²) in [4.78, 5) is 79.4. The Kier molecular flexibility index (Phi) is 42.1. The van der Waals surface area contributed by atoms with Crippen LogP contribution in [0.1, 0.15) is 155 Å². The van der Waals surface area contributed by atoms with Gasteiger partial charge >= 0.3 is 11.9 Å². The van der Waals surface area contributed by atoms with E-state index in [0.29, 0.717) is 84.6 Å². The molecular weight excluding hydrogens is 754 g/mol. The van der Waals surface area contributed by atoms with E-state index in [1.807, 2.05) is 6.92 Å². The minimum Gasteiger partial charge on any atom is -0.481 e. The molecule has 0 radical (unpaired) electrons. The van der Waals surface area contributed by atoms with Crippen molar-refractivity contribution in [2.45, 2.75) is 161 Å². The van der Waals surface area contributed by atoms with Crippen LogP contribution in [0.2, 0.25) is 0 Å². The van der Waals surface area contributed by atoms with Crippen molar-refractivity contribution >= 4 is 41.2 Å². The van der Waals surface area contributed by atoms with Crippen LogP contribution in [0.15, 0.2) is 0 Å². The summed E-state index contributed by atoms with van der Waals surface area (Å²) in [5.41, 5.74) is 0. The molecule has 1 atom stereocenters. The smallest absolute Gasteiger partial charge is 0.326 e. The van der Waals surface area contributed by atoms with Gasteiger partial charge in [-0.3, -0.25) is 28.8 Å². The Morgan fingerprint density at radius 1 is 0.500 bits per heavy atom. The molecule has 0 heterocycles. The van der Waals surface area contributed by atoms with Gasteiger partial charge in [0.2, 0.25) is 17.7 Å². The summed E-state index contributed by atoms with van der Waals surface area (Å²) in [6, 6.07) is -1.01. The van der Waals surface area contributed by atoms with Gasteiger partial charge in [0.05, 0.1) is 19.8 Å². The fourth-order valence-corrected chi connectivity index (χ4v) is 5.46. The molecule has 0 aromatic heterocycles. The Morgan fingerprint density at radius 2 is 1.05 bits per heavy atom. The summed E-state index contributed by atoms with van der Waals surface area (Å²) in [5.74, 6) is -2.27. The van der Waals surface area contributed by atoms with E-state index in [2.05, 4.69) is 20.7 Å². The Hall–Kier alpha value is -3.47. The maximum Gasteiger partial charge on any atom is 0.326 e. The van der Waals surface area contributed by atoms with Crippen LogP contribution in [0, 0.1) is 0 Å². The van der Waals surface area contributed by atoms with Gasteiger partial charge in [-0.05, 0) is 38.5 Å². The van der Waals surface area contributed by atoms with E-state index in [1.54, 1.807) is 6.92 Å². The lowest BCUT2D eigenvalue weighted by Gasteiger charge is -2.14. The monoisotopic (exact) mass is 832 g/mol. The second-order valence-electron chi connectivity index (χ2n) is 14.2. The number of methoxy groups -OCH3 is 1. The average molecular weight is 832 g/mol. The number of rotatable bonds is 41. The zero-order valence-corrected chi connectivity index (χ0v) is 35.9. The van der Waals surface area contributed by atoms with Crippen LogP contribution in [-0.2, 0) is 52.5 Å². The van der Waals surface area contributed by atoms with E-state index in [9.17, 15) is 38.7 Å². The largest absolute Gasteiger partial charge is 0.481 e. The molecule has 0 aromatic rings. The van der Waals surface area contributed by atoms with Crippen LogP contribution in [0.3, 0.4) is 0 Å². The molecule has 0 saturated carbocycles. The third-order valence-electron chi connectivity index (χ3n) is 8.74. The number of carboxylic acids is 2.